The van der Waals surface area contributed by atoms with Crippen molar-refractivity contribution in [1.29, 1.82) is 0 Å². The molecule has 0 radical (unpaired) electrons. The van der Waals surface area contributed by atoms with E-state index in [1.54, 1.807) is 0 Å². The minimum atomic E-state index is 0.348. The molecule has 12 heavy (non-hydrogen) atoms. The Labute approximate surface area is 77.3 Å². The van der Waals surface area contributed by atoms with Gasteiger partial charge in [0.15, 0.2) is 0 Å². The molecular formula is C10H24N2. The molecule has 0 saturated carbocycles. The number of nitrogens with zero attached hydrogens (tertiary/aromatic N) is 1. The summed E-state index contributed by atoms with van der Waals surface area (Å²) < 4.78 is 0. The fraction of sp³-hybridized carbons (Fsp3) is 1.00. The third kappa shape index (κ3) is 4.73. The van der Waals surface area contributed by atoms with Crippen LogP contribution in [0.2, 0.25) is 0 Å². The maximum Gasteiger partial charge on any atom is 0.0243 e. The van der Waals surface area contributed by atoms with Crippen LogP contribution in [0.25, 0.3) is 0 Å². The maximum atomic E-state index is 3.51. The van der Waals surface area contributed by atoms with Crippen LogP contribution in [0.4, 0.5) is 0 Å². The summed E-state index contributed by atoms with van der Waals surface area (Å²) in [4.78, 5) is 2.23. The van der Waals surface area contributed by atoms with Gasteiger partial charge in [-0.05, 0) is 26.1 Å². The van der Waals surface area contributed by atoms with Crippen LogP contribution in [-0.2, 0) is 0 Å². The Morgan fingerprint density at radius 3 is 2.00 bits per heavy atom. The highest BCUT2D eigenvalue weighted by atomic mass is 15.1. The number of rotatable bonds is 4. The van der Waals surface area contributed by atoms with Gasteiger partial charge in [0.05, 0.1) is 0 Å². The van der Waals surface area contributed by atoms with Gasteiger partial charge in [-0.1, -0.05) is 27.7 Å². The van der Waals surface area contributed by atoms with Crippen molar-refractivity contribution in [3.05, 3.63) is 0 Å². The summed E-state index contributed by atoms with van der Waals surface area (Å²) in [7, 11) is 4.24. The zero-order chi connectivity index (χ0) is 9.78. The fourth-order valence-electron chi connectivity index (χ4n) is 1.26. The molecule has 0 fully saturated rings. The average Bonchev–Trinajstić information content (AvgIpc) is 1.83. The summed E-state index contributed by atoms with van der Waals surface area (Å²) in [5.41, 5.74) is 0.348. The van der Waals surface area contributed by atoms with Crippen LogP contribution in [0, 0.1) is 5.41 Å². The Hall–Kier alpha value is -0.0800. The van der Waals surface area contributed by atoms with Crippen LogP contribution in [0.5, 0.6) is 0 Å². The molecule has 0 bridgehead atoms. The second kappa shape index (κ2) is 4.83. The summed E-state index contributed by atoms with van der Waals surface area (Å²) >= 11 is 0. The Balaban J connectivity index is 4.04. The molecule has 1 unspecified atom stereocenters. The van der Waals surface area contributed by atoms with Gasteiger partial charge in [0, 0.05) is 12.6 Å². The van der Waals surface area contributed by atoms with E-state index in [0.29, 0.717) is 11.5 Å². The highest BCUT2D eigenvalue weighted by Crippen LogP contribution is 2.19. The van der Waals surface area contributed by atoms with E-state index in [0.717, 1.165) is 13.1 Å². The minimum Gasteiger partial charge on any atom is -0.312 e. The number of hydrogen-bond donors (Lipinski definition) is 1. The molecule has 0 rings (SSSR count). The molecule has 0 aliphatic carbocycles. The van der Waals surface area contributed by atoms with Crippen molar-refractivity contribution in [2.45, 2.75) is 33.7 Å². The second-order valence-electron chi connectivity index (χ2n) is 4.74. The van der Waals surface area contributed by atoms with Crippen LogP contribution in [-0.4, -0.2) is 38.1 Å². The Kier molecular flexibility index (Phi) is 4.80. The van der Waals surface area contributed by atoms with E-state index in [2.05, 4.69) is 52.0 Å². The molecule has 0 aliphatic heterocycles. The van der Waals surface area contributed by atoms with Crippen molar-refractivity contribution in [2.75, 3.05) is 27.2 Å². The lowest BCUT2D eigenvalue weighted by Gasteiger charge is -2.33. The first-order valence-corrected chi connectivity index (χ1v) is 4.76. The third-order valence-corrected chi connectivity index (χ3v) is 2.04. The Morgan fingerprint density at radius 2 is 1.75 bits per heavy atom. The van der Waals surface area contributed by atoms with E-state index in [9.17, 15) is 0 Å². The smallest absolute Gasteiger partial charge is 0.0243 e. The van der Waals surface area contributed by atoms with Crippen LogP contribution in [0.1, 0.15) is 27.7 Å². The molecule has 1 atom stereocenters. The lowest BCUT2D eigenvalue weighted by molar-refractivity contribution is 0.215. The van der Waals surface area contributed by atoms with Gasteiger partial charge >= 0.3 is 0 Å². The highest BCUT2D eigenvalue weighted by Gasteiger charge is 2.23. The van der Waals surface area contributed by atoms with E-state index >= 15 is 0 Å². The number of hydrogen-bond acceptors (Lipinski definition) is 2. The molecule has 0 aromatic rings. The molecule has 0 aromatic heterocycles. The minimum absolute atomic E-state index is 0.348. The third-order valence-electron chi connectivity index (χ3n) is 2.04. The van der Waals surface area contributed by atoms with E-state index in [4.69, 9.17) is 0 Å². The zero-order valence-electron chi connectivity index (χ0n) is 9.44. The Bertz CT molecular complexity index is 113. The molecule has 2 heteroatoms. The van der Waals surface area contributed by atoms with E-state index in [1.807, 2.05) is 0 Å². The fourth-order valence-corrected chi connectivity index (χ4v) is 1.26. The second-order valence-corrected chi connectivity index (χ2v) is 4.74. The van der Waals surface area contributed by atoms with Crippen LogP contribution < -0.4 is 5.32 Å². The van der Waals surface area contributed by atoms with E-state index < -0.39 is 0 Å². The first kappa shape index (κ1) is 11.9. The van der Waals surface area contributed by atoms with Crippen molar-refractivity contribution >= 4 is 0 Å². The standard InChI is InChI=1S/C10H24N2/c1-7-11-9(8-12(5)6)10(2,3)4/h9,11H,7-8H2,1-6H3. The van der Waals surface area contributed by atoms with Crippen LogP contribution in [0.15, 0.2) is 0 Å². The normalized spacial score (nSPS) is 15.2. The van der Waals surface area contributed by atoms with E-state index in [-0.39, 0.29) is 0 Å². The average molecular weight is 172 g/mol. The molecule has 0 amide bonds. The topological polar surface area (TPSA) is 15.3 Å². The molecule has 0 saturated heterocycles. The number of nitrogens with one attached hydrogen (secondary N) is 1. The maximum absolute atomic E-state index is 3.51. The van der Waals surface area contributed by atoms with Gasteiger partial charge in [-0.15, -0.1) is 0 Å². The quantitative estimate of drug-likeness (QED) is 0.692. The van der Waals surface area contributed by atoms with E-state index in [1.165, 1.54) is 0 Å². The lowest BCUT2D eigenvalue weighted by Crippen LogP contribution is -2.46. The predicted octanol–water partition coefficient (Wildman–Crippen LogP) is 1.57. The van der Waals surface area contributed by atoms with Gasteiger partial charge in [0.2, 0.25) is 0 Å². The van der Waals surface area contributed by atoms with Crippen molar-refractivity contribution in [3.63, 3.8) is 0 Å². The summed E-state index contributed by atoms with van der Waals surface area (Å²) in [6, 6.07) is 0.581. The lowest BCUT2D eigenvalue weighted by atomic mass is 9.86. The summed E-state index contributed by atoms with van der Waals surface area (Å²) in [6.45, 7) is 11.2. The molecule has 1 N–H and O–H groups in total. The van der Waals surface area contributed by atoms with Gasteiger partial charge in [-0.3, -0.25) is 0 Å². The van der Waals surface area contributed by atoms with Crippen LogP contribution in [0.3, 0.4) is 0 Å². The van der Waals surface area contributed by atoms with Crippen molar-refractivity contribution in [1.82, 2.24) is 10.2 Å². The van der Waals surface area contributed by atoms with Gasteiger partial charge in [0.25, 0.3) is 0 Å². The van der Waals surface area contributed by atoms with Crippen molar-refractivity contribution in [3.8, 4) is 0 Å². The molecule has 0 aliphatic rings. The predicted molar refractivity (Wildman–Crippen MR) is 55.5 cm³/mol. The van der Waals surface area contributed by atoms with Crippen molar-refractivity contribution < 1.29 is 0 Å². The van der Waals surface area contributed by atoms with Gasteiger partial charge in [-0.2, -0.15) is 0 Å². The molecule has 0 heterocycles. The van der Waals surface area contributed by atoms with Gasteiger partial charge in [-0.25, -0.2) is 0 Å². The molecule has 74 valence electrons. The summed E-state index contributed by atoms with van der Waals surface area (Å²) in [6.07, 6.45) is 0. The zero-order valence-corrected chi connectivity index (χ0v) is 9.44. The summed E-state index contributed by atoms with van der Waals surface area (Å²) in [5.74, 6) is 0. The largest absolute Gasteiger partial charge is 0.312 e. The molecule has 2 nitrogen and oxygen atoms in total. The summed E-state index contributed by atoms with van der Waals surface area (Å²) in [5, 5.41) is 3.51. The molecule has 0 spiro atoms. The van der Waals surface area contributed by atoms with Crippen molar-refractivity contribution in [2.24, 2.45) is 5.41 Å². The highest BCUT2D eigenvalue weighted by molar-refractivity contribution is 4.81. The molecular weight excluding hydrogens is 148 g/mol. The first-order chi connectivity index (χ1) is 5.38. The first-order valence-electron chi connectivity index (χ1n) is 4.76. The SMILES string of the molecule is CCNC(CN(C)C)C(C)(C)C. The Morgan fingerprint density at radius 1 is 1.25 bits per heavy atom. The van der Waals surface area contributed by atoms with Gasteiger partial charge < -0.3 is 10.2 Å². The monoisotopic (exact) mass is 172 g/mol. The van der Waals surface area contributed by atoms with Gasteiger partial charge in [0.1, 0.15) is 0 Å². The number of likely N-dealkylation sites (N-methyl/N-ethyl adjacent to an activating group) is 2. The van der Waals surface area contributed by atoms with Crippen LogP contribution >= 0.6 is 0 Å². The molecule has 0 aromatic carbocycles.